The lowest BCUT2D eigenvalue weighted by Crippen LogP contribution is -2.19. The van der Waals surface area contributed by atoms with E-state index in [0.29, 0.717) is 28.1 Å². The molecule has 1 aliphatic heterocycles. The fraction of sp³-hybridized carbons (Fsp3) is 0.0444. The highest BCUT2D eigenvalue weighted by Gasteiger charge is 2.26. The monoisotopic (exact) mass is 617 g/mol. The van der Waals surface area contributed by atoms with Crippen molar-refractivity contribution >= 4 is 50.1 Å². The Balaban J connectivity index is 1.28. The first-order valence-corrected chi connectivity index (χ1v) is 16.1. The van der Waals surface area contributed by atoms with E-state index >= 15 is 0 Å². The highest BCUT2D eigenvalue weighted by atomic mass is 16.2. The van der Waals surface area contributed by atoms with Crippen molar-refractivity contribution in [3.05, 3.63) is 180 Å². The number of carbonyl (C=O) groups excluding carboxylic acids is 2. The second-order valence-corrected chi connectivity index (χ2v) is 12.3. The molecular weight excluding hydrogens is 587 g/mol. The molecule has 8 rings (SSSR count). The molecule has 0 atom stereocenters. The molecule has 1 heterocycles. The highest BCUT2D eigenvalue weighted by molar-refractivity contribution is 6.45. The molecule has 48 heavy (non-hydrogen) atoms. The Labute approximate surface area is 279 Å². The molecule has 3 heteroatoms. The van der Waals surface area contributed by atoms with Gasteiger partial charge in [0.15, 0.2) is 0 Å². The molecule has 0 aliphatic carbocycles. The van der Waals surface area contributed by atoms with Crippen LogP contribution in [0.1, 0.15) is 32.6 Å². The summed E-state index contributed by atoms with van der Waals surface area (Å²) in [5.41, 5.74) is 9.70. The minimum atomic E-state index is -0.502. The van der Waals surface area contributed by atoms with Gasteiger partial charge in [0.25, 0.3) is 0 Å². The molecule has 0 aromatic heterocycles. The lowest BCUT2D eigenvalue weighted by Gasteiger charge is -2.18. The third kappa shape index (κ3) is 4.97. The van der Waals surface area contributed by atoms with Crippen LogP contribution in [0.3, 0.4) is 0 Å². The van der Waals surface area contributed by atoms with Crippen molar-refractivity contribution in [2.75, 3.05) is 0 Å². The number of nitrogens with zero attached hydrogens (tertiary/aromatic N) is 1. The summed E-state index contributed by atoms with van der Waals surface area (Å²) in [6, 6.07) is 49.1. The van der Waals surface area contributed by atoms with Crippen molar-refractivity contribution in [3.63, 3.8) is 0 Å². The molecule has 0 saturated heterocycles. The lowest BCUT2D eigenvalue weighted by atomic mass is 9.85. The largest absolute Gasteiger partial charge is 0.290 e. The number of rotatable bonds is 3. The predicted molar refractivity (Wildman–Crippen MR) is 198 cm³/mol. The van der Waals surface area contributed by atoms with E-state index in [2.05, 4.69) is 85.4 Å². The van der Waals surface area contributed by atoms with Gasteiger partial charge in [0.2, 0.25) is 11.6 Å². The van der Waals surface area contributed by atoms with Gasteiger partial charge in [0, 0.05) is 23.1 Å². The normalized spacial score (nSPS) is 13.3. The predicted octanol–water partition coefficient (Wildman–Crippen LogP) is 10.8. The van der Waals surface area contributed by atoms with Gasteiger partial charge in [0.05, 0.1) is 11.4 Å². The zero-order chi connectivity index (χ0) is 32.8. The van der Waals surface area contributed by atoms with E-state index < -0.39 is 11.6 Å². The SMILES string of the molecule is C=C1C(c2ccccc2)=Nc2cccc(c2C)C(=O)C(=O)Cc2c1cccc2-c1ccc(-c2cc3ccccc3c3ccccc23)cc1. The molecule has 0 amide bonds. The fourth-order valence-electron chi connectivity index (χ4n) is 6.98. The molecular formula is C45H31NO2. The van der Waals surface area contributed by atoms with E-state index in [-0.39, 0.29) is 6.42 Å². The molecule has 3 nitrogen and oxygen atoms in total. The van der Waals surface area contributed by atoms with Crippen molar-refractivity contribution < 1.29 is 9.59 Å². The second kappa shape index (κ2) is 11.9. The number of carbonyl (C=O) groups is 2. The van der Waals surface area contributed by atoms with Gasteiger partial charge in [0.1, 0.15) is 0 Å². The summed E-state index contributed by atoms with van der Waals surface area (Å²) in [5, 5.41) is 4.85. The summed E-state index contributed by atoms with van der Waals surface area (Å²) >= 11 is 0. The highest BCUT2D eigenvalue weighted by Crippen LogP contribution is 2.38. The van der Waals surface area contributed by atoms with Gasteiger partial charge in [-0.2, -0.15) is 0 Å². The van der Waals surface area contributed by atoms with Crippen LogP contribution < -0.4 is 0 Å². The Morgan fingerprint density at radius 1 is 0.542 bits per heavy atom. The van der Waals surface area contributed by atoms with Gasteiger partial charge < -0.3 is 0 Å². The number of Topliss-reactive ketones (excluding diaryl/α,β-unsaturated/α-hetero) is 2. The molecule has 7 aromatic carbocycles. The van der Waals surface area contributed by atoms with E-state index in [9.17, 15) is 9.59 Å². The van der Waals surface area contributed by atoms with E-state index in [1.807, 2.05) is 61.5 Å². The fourth-order valence-corrected chi connectivity index (χ4v) is 6.98. The van der Waals surface area contributed by atoms with Crippen molar-refractivity contribution in [1.82, 2.24) is 0 Å². The van der Waals surface area contributed by atoms with Gasteiger partial charge >= 0.3 is 0 Å². The van der Waals surface area contributed by atoms with Crippen LogP contribution in [0.4, 0.5) is 5.69 Å². The number of benzene rings is 7. The zero-order valence-corrected chi connectivity index (χ0v) is 26.5. The maximum Gasteiger partial charge on any atom is 0.229 e. The first kappa shape index (κ1) is 29.2. The summed E-state index contributed by atoms with van der Waals surface area (Å²) in [6.45, 7) is 6.40. The van der Waals surface area contributed by atoms with E-state index in [1.54, 1.807) is 12.1 Å². The average molecular weight is 618 g/mol. The summed E-state index contributed by atoms with van der Waals surface area (Å²) in [5.74, 6) is -0.961. The first-order chi connectivity index (χ1) is 23.5. The molecule has 0 radical (unpaired) electrons. The minimum Gasteiger partial charge on any atom is -0.290 e. The van der Waals surface area contributed by atoms with Gasteiger partial charge in [-0.25, -0.2) is 4.99 Å². The van der Waals surface area contributed by atoms with Crippen molar-refractivity contribution in [2.24, 2.45) is 4.99 Å². The van der Waals surface area contributed by atoms with Crippen LogP contribution in [0.5, 0.6) is 0 Å². The number of aliphatic imine (C=N–C) groups is 1. The van der Waals surface area contributed by atoms with Gasteiger partial charge in [-0.05, 0) is 79.5 Å². The Hall–Kier alpha value is -6.19. The van der Waals surface area contributed by atoms with Crippen molar-refractivity contribution in [1.29, 1.82) is 0 Å². The lowest BCUT2D eigenvalue weighted by molar-refractivity contribution is -0.114. The molecule has 0 saturated carbocycles. The number of fused-ring (bicyclic) bond motifs is 6. The number of ketones is 2. The summed E-state index contributed by atoms with van der Waals surface area (Å²) < 4.78 is 0. The number of allylic oxidation sites excluding steroid dienone is 1. The van der Waals surface area contributed by atoms with Crippen molar-refractivity contribution in [2.45, 2.75) is 13.3 Å². The number of hydrogen-bond donors (Lipinski definition) is 0. The van der Waals surface area contributed by atoms with E-state index in [0.717, 1.165) is 33.4 Å². The van der Waals surface area contributed by atoms with Crippen LogP contribution in [0.25, 0.3) is 49.4 Å². The van der Waals surface area contributed by atoms with Crippen LogP contribution >= 0.6 is 0 Å². The molecule has 1 aliphatic rings. The number of hydrogen-bond acceptors (Lipinski definition) is 3. The minimum absolute atomic E-state index is 0.0494. The van der Waals surface area contributed by atoms with Crippen LogP contribution in [0, 0.1) is 6.92 Å². The quantitative estimate of drug-likeness (QED) is 0.146. The van der Waals surface area contributed by atoms with Gasteiger partial charge in [-0.3, -0.25) is 9.59 Å². The molecule has 0 spiro atoms. The van der Waals surface area contributed by atoms with Crippen molar-refractivity contribution in [3.8, 4) is 22.3 Å². The Kier molecular flexibility index (Phi) is 7.23. The first-order valence-electron chi connectivity index (χ1n) is 16.1. The zero-order valence-electron chi connectivity index (χ0n) is 26.5. The van der Waals surface area contributed by atoms with Crippen LogP contribution in [0.15, 0.2) is 157 Å². The van der Waals surface area contributed by atoms with Crippen LogP contribution in [-0.4, -0.2) is 17.3 Å². The van der Waals surface area contributed by atoms with Crippen LogP contribution in [0.2, 0.25) is 0 Å². The van der Waals surface area contributed by atoms with E-state index in [4.69, 9.17) is 4.99 Å². The molecule has 228 valence electrons. The summed E-state index contributed by atoms with van der Waals surface area (Å²) in [4.78, 5) is 32.5. The average Bonchev–Trinajstić information content (AvgIpc) is 3.14. The summed E-state index contributed by atoms with van der Waals surface area (Å²) in [6.07, 6.45) is -0.0494. The van der Waals surface area contributed by atoms with E-state index in [1.165, 1.54) is 27.1 Å². The third-order valence-corrected chi connectivity index (χ3v) is 9.48. The topological polar surface area (TPSA) is 46.5 Å². The Morgan fingerprint density at radius 2 is 1.15 bits per heavy atom. The Morgan fingerprint density at radius 3 is 1.92 bits per heavy atom. The molecule has 0 N–H and O–H groups in total. The maximum absolute atomic E-state index is 13.8. The summed E-state index contributed by atoms with van der Waals surface area (Å²) in [7, 11) is 0. The molecule has 2 bridgehead atoms. The molecule has 0 unspecified atom stereocenters. The standard InChI is InChI=1S/C45H31NO2/c1-28-35-19-11-21-42(28)46-44(32-12-4-3-5-13-32)29(2)34-18-10-20-36(41(34)27-43(47)45(35)48)30-22-24-31(25-23-30)40-26-33-14-6-7-15-37(33)38-16-8-9-17-39(38)40/h3-26H,2,27H2,1H3. The Bertz CT molecular complexity index is 2470. The van der Waals surface area contributed by atoms with Crippen LogP contribution in [-0.2, 0) is 11.2 Å². The third-order valence-electron chi connectivity index (χ3n) is 9.48. The van der Waals surface area contributed by atoms with Gasteiger partial charge in [-0.15, -0.1) is 0 Å². The second-order valence-electron chi connectivity index (χ2n) is 12.3. The molecule has 7 aromatic rings. The smallest absolute Gasteiger partial charge is 0.229 e. The maximum atomic E-state index is 13.8. The van der Waals surface area contributed by atoms with Gasteiger partial charge in [-0.1, -0.05) is 140 Å². The molecule has 0 fully saturated rings.